The van der Waals surface area contributed by atoms with Crippen molar-refractivity contribution in [1.29, 1.82) is 0 Å². The van der Waals surface area contributed by atoms with Crippen LogP contribution in [0.2, 0.25) is 0 Å². The molecule has 0 aromatic carbocycles. The highest BCUT2D eigenvalue weighted by Gasteiger charge is 2.21. The molecule has 398 valence electrons. The molecular weight excluding hydrogens is 819 g/mol. The van der Waals surface area contributed by atoms with Gasteiger partial charge in [0.25, 0.3) is 0 Å². The normalized spacial score (nSPS) is 13.3. The van der Waals surface area contributed by atoms with Crippen LogP contribution in [0.15, 0.2) is 0 Å². The van der Waals surface area contributed by atoms with Gasteiger partial charge in [-0.1, -0.05) is 265 Å². The molecule has 0 aromatic rings. The summed E-state index contributed by atoms with van der Waals surface area (Å²) in [5.41, 5.74) is 0. The predicted molar refractivity (Wildman–Crippen MR) is 297 cm³/mol. The largest absolute Gasteiger partial charge is 0.343 e. The monoisotopic (exact) mass is 942 g/mol. The molecule has 0 aromatic heterocycles. The molecule has 5 heteroatoms. The topological polar surface area (TPSA) is 43.9 Å². The van der Waals surface area contributed by atoms with E-state index in [0.29, 0.717) is 11.8 Å². The van der Waals surface area contributed by atoms with Crippen LogP contribution in [-0.4, -0.2) is 71.8 Å². The molecule has 0 radical (unpaired) electrons. The standard InChI is InChI=1S/C62H123N3O2/c1-5-9-13-17-21-25-33-46-56-64(57-47-34-26-22-18-14-10-6-2)61(66)52-42-31-29-37-44-54-63(60-50-40-39-41-51-60)55-45-38-30-32-43-53-62(67)65(58-48-35-27-23-19-15-11-7-3)59-49-36-28-24-20-16-12-8-4/h60H,5-59H2,1-4H3. The van der Waals surface area contributed by atoms with E-state index in [1.807, 2.05) is 0 Å². The number of hydrogen-bond donors (Lipinski definition) is 0. The maximum Gasteiger partial charge on any atom is 0.222 e. The van der Waals surface area contributed by atoms with Gasteiger partial charge in [0.2, 0.25) is 11.8 Å². The Balaban J connectivity index is 2.41. The average Bonchev–Trinajstić information content (AvgIpc) is 3.34. The minimum Gasteiger partial charge on any atom is -0.343 e. The van der Waals surface area contributed by atoms with Gasteiger partial charge in [0, 0.05) is 45.1 Å². The van der Waals surface area contributed by atoms with E-state index in [2.05, 4.69) is 42.4 Å². The molecular formula is C62H123N3O2. The van der Waals surface area contributed by atoms with Crippen LogP contribution in [0.5, 0.6) is 0 Å². The van der Waals surface area contributed by atoms with Crippen LogP contribution in [0.3, 0.4) is 0 Å². The first kappa shape index (κ1) is 63.9. The van der Waals surface area contributed by atoms with Gasteiger partial charge < -0.3 is 14.7 Å². The van der Waals surface area contributed by atoms with Crippen LogP contribution in [0.1, 0.15) is 342 Å². The van der Waals surface area contributed by atoms with E-state index in [0.717, 1.165) is 57.9 Å². The molecule has 1 fully saturated rings. The van der Waals surface area contributed by atoms with E-state index in [-0.39, 0.29) is 0 Å². The lowest BCUT2D eigenvalue weighted by Gasteiger charge is -2.34. The Labute approximate surface area is 422 Å². The third-order valence-electron chi connectivity index (χ3n) is 15.6. The summed E-state index contributed by atoms with van der Waals surface area (Å²) in [5.74, 6) is 0.872. The van der Waals surface area contributed by atoms with Crippen LogP contribution in [0.25, 0.3) is 0 Å². The van der Waals surface area contributed by atoms with Gasteiger partial charge in [-0.05, 0) is 77.3 Å². The summed E-state index contributed by atoms with van der Waals surface area (Å²) >= 11 is 0. The minimum atomic E-state index is 0.436. The molecule has 0 spiro atoms. The predicted octanol–water partition coefficient (Wildman–Crippen LogP) is 19.5. The highest BCUT2D eigenvalue weighted by atomic mass is 16.2. The SMILES string of the molecule is CCCCCCCCCCN(CCCCCCCCCC)C(=O)CCCCCCCN(CCCCCCCC(=O)N(CCCCCCCCCC)CCCCCCCCCC)C1CCCCC1. The van der Waals surface area contributed by atoms with Crippen molar-refractivity contribution in [3.05, 3.63) is 0 Å². The van der Waals surface area contributed by atoms with E-state index in [1.54, 1.807) is 0 Å². The van der Waals surface area contributed by atoms with Crippen molar-refractivity contribution in [2.24, 2.45) is 0 Å². The number of rotatable bonds is 53. The molecule has 0 saturated heterocycles. The molecule has 1 rings (SSSR count). The summed E-state index contributed by atoms with van der Waals surface area (Å²) in [7, 11) is 0. The molecule has 0 atom stereocenters. The Kier molecular flexibility index (Phi) is 48.9. The molecule has 0 unspecified atom stereocenters. The second kappa shape index (κ2) is 51.3. The Hall–Kier alpha value is -1.10. The van der Waals surface area contributed by atoms with Crippen molar-refractivity contribution in [3.63, 3.8) is 0 Å². The molecule has 67 heavy (non-hydrogen) atoms. The maximum absolute atomic E-state index is 13.5. The third kappa shape index (κ3) is 41.2. The Morgan fingerprint density at radius 3 is 0.776 bits per heavy atom. The molecule has 1 aliphatic rings. The number of nitrogens with zero attached hydrogens (tertiary/aromatic N) is 3. The zero-order valence-electron chi connectivity index (χ0n) is 46.6. The van der Waals surface area contributed by atoms with Gasteiger partial charge in [-0.3, -0.25) is 9.59 Å². The molecule has 1 saturated carbocycles. The zero-order chi connectivity index (χ0) is 48.4. The van der Waals surface area contributed by atoms with E-state index >= 15 is 0 Å². The Morgan fingerprint density at radius 1 is 0.284 bits per heavy atom. The lowest BCUT2D eigenvalue weighted by Crippen LogP contribution is -2.38. The van der Waals surface area contributed by atoms with Crippen molar-refractivity contribution in [2.45, 2.75) is 348 Å². The van der Waals surface area contributed by atoms with E-state index < -0.39 is 0 Å². The van der Waals surface area contributed by atoms with Crippen molar-refractivity contribution in [1.82, 2.24) is 14.7 Å². The number of amides is 2. The highest BCUT2D eigenvalue weighted by Crippen LogP contribution is 2.24. The molecule has 0 bridgehead atoms. The van der Waals surface area contributed by atoms with Crippen LogP contribution in [-0.2, 0) is 9.59 Å². The third-order valence-corrected chi connectivity index (χ3v) is 15.6. The van der Waals surface area contributed by atoms with Gasteiger partial charge >= 0.3 is 0 Å². The molecule has 0 aliphatic heterocycles. The van der Waals surface area contributed by atoms with Crippen molar-refractivity contribution < 1.29 is 9.59 Å². The van der Waals surface area contributed by atoms with Crippen LogP contribution >= 0.6 is 0 Å². The summed E-state index contributed by atoms with van der Waals surface area (Å²) in [6, 6.07) is 0.796. The second-order valence-electron chi connectivity index (χ2n) is 22.0. The Morgan fingerprint density at radius 2 is 0.507 bits per heavy atom. The van der Waals surface area contributed by atoms with Gasteiger partial charge in [-0.15, -0.1) is 0 Å². The quantitative estimate of drug-likeness (QED) is 0.0571. The van der Waals surface area contributed by atoms with Gasteiger partial charge in [-0.25, -0.2) is 0 Å². The summed E-state index contributed by atoms with van der Waals surface area (Å²) in [6.45, 7) is 15.6. The zero-order valence-corrected chi connectivity index (χ0v) is 46.6. The molecule has 1 aliphatic carbocycles. The summed E-state index contributed by atoms with van der Waals surface area (Å²) in [6.07, 6.45) is 63.5. The fourth-order valence-electron chi connectivity index (χ4n) is 11.0. The molecule has 0 heterocycles. The second-order valence-corrected chi connectivity index (χ2v) is 22.0. The maximum atomic E-state index is 13.5. The van der Waals surface area contributed by atoms with Crippen LogP contribution in [0, 0.1) is 0 Å². The first-order chi connectivity index (χ1) is 33.1. The minimum absolute atomic E-state index is 0.436. The molecule has 2 amide bonds. The van der Waals surface area contributed by atoms with E-state index in [4.69, 9.17) is 0 Å². The lowest BCUT2D eigenvalue weighted by atomic mass is 9.93. The first-order valence-electron chi connectivity index (χ1n) is 31.4. The highest BCUT2D eigenvalue weighted by molar-refractivity contribution is 5.76. The lowest BCUT2D eigenvalue weighted by molar-refractivity contribution is -0.132. The molecule has 0 N–H and O–H groups in total. The van der Waals surface area contributed by atoms with Crippen LogP contribution < -0.4 is 0 Å². The Bertz CT molecular complexity index is 903. The average molecular weight is 943 g/mol. The van der Waals surface area contributed by atoms with Gasteiger partial charge in [-0.2, -0.15) is 0 Å². The van der Waals surface area contributed by atoms with Crippen LogP contribution in [0.4, 0.5) is 0 Å². The number of unbranched alkanes of at least 4 members (excludes halogenated alkanes) is 36. The fourth-order valence-corrected chi connectivity index (χ4v) is 11.0. The summed E-state index contributed by atoms with van der Waals surface area (Å²) in [5, 5.41) is 0. The number of carbonyl (C=O) groups is 2. The van der Waals surface area contributed by atoms with Crippen molar-refractivity contribution in [2.75, 3.05) is 39.3 Å². The van der Waals surface area contributed by atoms with Crippen molar-refractivity contribution in [3.8, 4) is 0 Å². The summed E-state index contributed by atoms with van der Waals surface area (Å²) in [4.78, 5) is 34.4. The number of hydrogen-bond acceptors (Lipinski definition) is 3. The smallest absolute Gasteiger partial charge is 0.222 e. The van der Waals surface area contributed by atoms with Gasteiger partial charge in [0.05, 0.1) is 0 Å². The summed E-state index contributed by atoms with van der Waals surface area (Å²) < 4.78 is 0. The first-order valence-corrected chi connectivity index (χ1v) is 31.4. The van der Waals surface area contributed by atoms with E-state index in [9.17, 15) is 9.59 Å². The molecule has 5 nitrogen and oxygen atoms in total. The van der Waals surface area contributed by atoms with Gasteiger partial charge in [0.1, 0.15) is 0 Å². The van der Waals surface area contributed by atoms with Gasteiger partial charge in [0.15, 0.2) is 0 Å². The van der Waals surface area contributed by atoms with E-state index in [1.165, 1.54) is 302 Å². The van der Waals surface area contributed by atoms with Crippen molar-refractivity contribution >= 4 is 11.8 Å². The fraction of sp³-hybridized carbons (Fsp3) is 0.968. The number of carbonyl (C=O) groups excluding carboxylic acids is 2.